The van der Waals surface area contributed by atoms with Gasteiger partial charge in [0.1, 0.15) is 18.4 Å². The first kappa shape index (κ1) is 16.8. The summed E-state index contributed by atoms with van der Waals surface area (Å²) in [6, 6.07) is 15.7. The van der Waals surface area contributed by atoms with Crippen molar-refractivity contribution in [1.29, 1.82) is 0 Å². The van der Waals surface area contributed by atoms with E-state index in [1.54, 1.807) is 24.3 Å². The highest BCUT2D eigenvalue weighted by Gasteiger charge is 2.53. The Balaban J connectivity index is 1.24. The zero-order valence-electron chi connectivity index (χ0n) is 15.7. The number of hydrogen-bond acceptors (Lipinski definition) is 5. The first-order valence-electron chi connectivity index (χ1n) is 9.30. The van der Waals surface area contributed by atoms with Crippen LogP contribution in [0.2, 0.25) is 0 Å². The maximum Gasteiger partial charge on any atom is 0.256 e. The molecule has 0 saturated carbocycles. The van der Waals surface area contributed by atoms with Crippen LogP contribution in [0.4, 0.5) is 5.69 Å². The largest absolute Gasteiger partial charge is 0.497 e. The third kappa shape index (κ3) is 2.70. The summed E-state index contributed by atoms with van der Waals surface area (Å²) in [4.78, 5) is 17.3. The number of benzene rings is 2. The summed E-state index contributed by atoms with van der Waals surface area (Å²) in [5.41, 5.74) is 2.92. The molecule has 142 valence electrons. The number of rotatable bonds is 4. The Labute approximate surface area is 163 Å². The molecule has 1 aromatic heterocycles. The van der Waals surface area contributed by atoms with Crippen LogP contribution in [-0.4, -0.2) is 58.9 Å². The van der Waals surface area contributed by atoms with E-state index in [9.17, 15) is 4.79 Å². The van der Waals surface area contributed by atoms with Gasteiger partial charge in [0.25, 0.3) is 5.91 Å². The lowest BCUT2D eigenvalue weighted by atomic mass is 9.72. The minimum atomic E-state index is 0.0674. The van der Waals surface area contributed by atoms with Crippen LogP contribution in [0.15, 0.2) is 61.2 Å². The normalized spacial score (nSPS) is 17.2. The number of likely N-dealkylation sites (tertiary alicyclic amines) is 1. The summed E-state index contributed by atoms with van der Waals surface area (Å²) < 4.78 is 7.00. The second-order valence-corrected chi connectivity index (χ2v) is 7.60. The number of ether oxygens (including phenoxy) is 1. The van der Waals surface area contributed by atoms with Crippen molar-refractivity contribution in [1.82, 2.24) is 19.7 Å². The number of carbonyl (C=O) groups is 1. The summed E-state index contributed by atoms with van der Waals surface area (Å²) in [7, 11) is 1.68. The molecule has 1 spiro atoms. The minimum absolute atomic E-state index is 0.0674. The Kier molecular flexibility index (Phi) is 3.82. The molecule has 0 N–H and O–H groups in total. The molecule has 2 fully saturated rings. The molecule has 3 aromatic rings. The fraction of sp³-hybridized carbons (Fsp3) is 0.286. The average molecular weight is 375 g/mol. The molecule has 0 atom stereocenters. The summed E-state index contributed by atoms with van der Waals surface area (Å²) in [5, 5.41) is 7.69. The van der Waals surface area contributed by atoms with Crippen LogP contribution in [0.1, 0.15) is 10.4 Å². The van der Waals surface area contributed by atoms with Gasteiger partial charge in [-0.1, -0.05) is 12.1 Å². The molecule has 0 aliphatic carbocycles. The van der Waals surface area contributed by atoms with Gasteiger partial charge < -0.3 is 14.5 Å². The topological polar surface area (TPSA) is 63.5 Å². The second-order valence-electron chi connectivity index (χ2n) is 7.60. The highest BCUT2D eigenvalue weighted by atomic mass is 16.5. The van der Waals surface area contributed by atoms with Gasteiger partial charge in [0.05, 0.1) is 18.4 Å². The van der Waals surface area contributed by atoms with Crippen molar-refractivity contribution in [3.05, 3.63) is 66.7 Å². The second kappa shape index (κ2) is 6.37. The number of carbonyl (C=O) groups excluding carboxylic acids is 1. The van der Waals surface area contributed by atoms with Gasteiger partial charge >= 0.3 is 0 Å². The number of para-hydroxylation sites is 1. The van der Waals surface area contributed by atoms with Crippen molar-refractivity contribution in [2.75, 3.05) is 38.2 Å². The fourth-order valence-corrected chi connectivity index (χ4v) is 4.22. The van der Waals surface area contributed by atoms with E-state index in [0.29, 0.717) is 5.56 Å². The van der Waals surface area contributed by atoms with Crippen molar-refractivity contribution in [3.63, 3.8) is 0 Å². The van der Waals surface area contributed by atoms with Gasteiger partial charge in [-0.3, -0.25) is 9.36 Å². The predicted molar refractivity (Wildman–Crippen MR) is 105 cm³/mol. The third-order valence-corrected chi connectivity index (χ3v) is 5.66. The van der Waals surface area contributed by atoms with E-state index in [4.69, 9.17) is 4.74 Å². The maximum atomic E-state index is 13.0. The van der Waals surface area contributed by atoms with E-state index < -0.39 is 0 Å². The van der Waals surface area contributed by atoms with E-state index in [-0.39, 0.29) is 11.3 Å². The van der Waals surface area contributed by atoms with Crippen LogP contribution >= 0.6 is 0 Å². The van der Waals surface area contributed by atoms with Crippen molar-refractivity contribution in [2.24, 2.45) is 5.41 Å². The molecule has 0 unspecified atom stereocenters. The summed E-state index contributed by atoms with van der Waals surface area (Å²) in [6.45, 7) is 3.57. The van der Waals surface area contributed by atoms with E-state index in [1.165, 1.54) is 5.69 Å². The van der Waals surface area contributed by atoms with Crippen molar-refractivity contribution in [2.45, 2.75) is 0 Å². The lowest BCUT2D eigenvalue weighted by Gasteiger charge is -2.61. The van der Waals surface area contributed by atoms with Gasteiger partial charge in [0.15, 0.2) is 0 Å². The number of anilines is 1. The van der Waals surface area contributed by atoms with Crippen molar-refractivity contribution in [3.8, 4) is 11.4 Å². The van der Waals surface area contributed by atoms with Gasteiger partial charge in [0.2, 0.25) is 0 Å². The Morgan fingerprint density at radius 1 is 0.964 bits per heavy atom. The molecule has 0 radical (unpaired) electrons. The molecule has 1 amide bonds. The Bertz CT molecular complexity index is 986. The maximum absolute atomic E-state index is 13.0. The van der Waals surface area contributed by atoms with E-state index in [2.05, 4.69) is 27.2 Å². The molecular weight excluding hydrogens is 354 g/mol. The van der Waals surface area contributed by atoms with Crippen molar-refractivity contribution >= 4 is 11.6 Å². The van der Waals surface area contributed by atoms with E-state index in [1.807, 2.05) is 41.3 Å². The third-order valence-electron chi connectivity index (χ3n) is 5.66. The SMILES string of the molecule is COc1ccc(N2CC3(CN(C(=O)c4ccccc4-n4cnnc4)C3)C2)cc1. The zero-order chi connectivity index (χ0) is 19.1. The van der Waals surface area contributed by atoms with Gasteiger partial charge in [-0.2, -0.15) is 0 Å². The molecule has 7 heteroatoms. The summed E-state index contributed by atoms with van der Waals surface area (Å²) in [5.74, 6) is 0.934. The van der Waals surface area contributed by atoms with Crippen LogP contribution in [0, 0.1) is 5.41 Å². The Morgan fingerprint density at radius 2 is 1.64 bits per heavy atom. The lowest BCUT2D eigenvalue weighted by Crippen LogP contribution is -2.73. The molecule has 2 aliphatic heterocycles. The molecule has 2 aromatic carbocycles. The number of amides is 1. The molecule has 2 aliphatic rings. The quantitative estimate of drug-likeness (QED) is 0.700. The van der Waals surface area contributed by atoms with Gasteiger partial charge in [0, 0.05) is 37.3 Å². The summed E-state index contributed by atoms with van der Waals surface area (Å²) >= 11 is 0. The standard InChI is InChI=1S/C21H21N5O2/c1-28-17-8-6-16(7-9-17)24-10-21(11-24)12-25(13-21)20(27)18-4-2-3-5-19(18)26-14-22-23-15-26/h2-9,14-15H,10-13H2,1H3. The smallest absolute Gasteiger partial charge is 0.256 e. The molecule has 7 nitrogen and oxygen atoms in total. The predicted octanol–water partition coefficient (Wildman–Crippen LogP) is 2.24. The highest BCUT2D eigenvalue weighted by Crippen LogP contribution is 2.42. The van der Waals surface area contributed by atoms with Crippen LogP contribution in [0.3, 0.4) is 0 Å². The molecule has 5 rings (SSSR count). The number of methoxy groups -OCH3 is 1. The number of nitrogens with zero attached hydrogens (tertiary/aromatic N) is 5. The summed E-state index contributed by atoms with van der Waals surface area (Å²) in [6.07, 6.45) is 3.23. The lowest BCUT2D eigenvalue weighted by molar-refractivity contribution is -0.0104. The van der Waals surface area contributed by atoms with Crippen LogP contribution in [-0.2, 0) is 0 Å². The average Bonchev–Trinajstić information content (AvgIpc) is 3.21. The Hall–Kier alpha value is -3.35. The molecule has 3 heterocycles. The number of hydrogen-bond donors (Lipinski definition) is 0. The first-order chi connectivity index (χ1) is 13.7. The van der Waals surface area contributed by atoms with Gasteiger partial charge in [-0.25, -0.2) is 0 Å². The molecule has 28 heavy (non-hydrogen) atoms. The Morgan fingerprint density at radius 3 is 2.32 bits per heavy atom. The van der Waals surface area contributed by atoms with E-state index in [0.717, 1.165) is 37.6 Å². The molecule has 2 saturated heterocycles. The van der Waals surface area contributed by atoms with Gasteiger partial charge in [-0.05, 0) is 36.4 Å². The zero-order valence-corrected chi connectivity index (χ0v) is 15.7. The van der Waals surface area contributed by atoms with Crippen LogP contribution < -0.4 is 9.64 Å². The highest BCUT2D eigenvalue weighted by molar-refractivity contribution is 5.98. The monoisotopic (exact) mass is 375 g/mol. The fourth-order valence-electron chi connectivity index (χ4n) is 4.22. The van der Waals surface area contributed by atoms with E-state index >= 15 is 0 Å². The number of aromatic nitrogens is 3. The molecular formula is C21H21N5O2. The van der Waals surface area contributed by atoms with Crippen molar-refractivity contribution < 1.29 is 9.53 Å². The van der Waals surface area contributed by atoms with Crippen LogP contribution in [0.5, 0.6) is 5.75 Å². The molecule has 0 bridgehead atoms. The van der Waals surface area contributed by atoms with Crippen LogP contribution in [0.25, 0.3) is 5.69 Å². The van der Waals surface area contributed by atoms with Gasteiger partial charge in [-0.15, -0.1) is 10.2 Å². The first-order valence-corrected chi connectivity index (χ1v) is 9.30. The minimum Gasteiger partial charge on any atom is -0.497 e.